The van der Waals surface area contributed by atoms with Crippen LogP contribution in [0.4, 0.5) is 37.7 Å². The molecule has 0 aliphatic heterocycles. The van der Waals surface area contributed by atoms with Crippen LogP contribution in [0.25, 0.3) is 0 Å². The van der Waals surface area contributed by atoms with Crippen molar-refractivity contribution in [2.75, 3.05) is 30.4 Å². The van der Waals surface area contributed by atoms with Crippen LogP contribution in [0.5, 0.6) is 0 Å². The molecule has 1 unspecified atom stereocenters. The maximum Gasteiger partial charge on any atom is 0.416 e. The van der Waals surface area contributed by atoms with Gasteiger partial charge in [-0.15, -0.1) is 0 Å². The SMILES string of the molecule is Cc1cccc(C)c1N(CCN(C)C1CCC1)C(=O)C(C)CC(=O)Nc1cc(C(F)(F)F)cc(C(F)(F)F)c1. The van der Waals surface area contributed by atoms with Crippen LogP contribution in [0, 0.1) is 19.8 Å². The van der Waals surface area contributed by atoms with Crippen molar-refractivity contribution in [1.29, 1.82) is 0 Å². The number of anilines is 2. The fourth-order valence-corrected chi connectivity index (χ4v) is 4.70. The van der Waals surface area contributed by atoms with Gasteiger partial charge in [0.05, 0.1) is 11.1 Å². The highest BCUT2D eigenvalue weighted by molar-refractivity contribution is 6.00. The van der Waals surface area contributed by atoms with Gasteiger partial charge in [-0.1, -0.05) is 31.5 Å². The first-order valence-corrected chi connectivity index (χ1v) is 12.7. The molecule has 2 amide bonds. The smallest absolute Gasteiger partial charge is 0.326 e. The highest BCUT2D eigenvalue weighted by atomic mass is 19.4. The van der Waals surface area contributed by atoms with E-state index >= 15 is 0 Å². The lowest BCUT2D eigenvalue weighted by Crippen LogP contribution is -2.45. The van der Waals surface area contributed by atoms with Crippen LogP contribution >= 0.6 is 0 Å². The molecule has 214 valence electrons. The lowest BCUT2D eigenvalue weighted by Gasteiger charge is -2.37. The van der Waals surface area contributed by atoms with Crippen LogP contribution in [-0.4, -0.2) is 42.9 Å². The number of carbonyl (C=O) groups excluding carboxylic acids is 2. The third-order valence-corrected chi connectivity index (χ3v) is 7.13. The summed E-state index contributed by atoms with van der Waals surface area (Å²) in [5.41, 5.74) is -1.24. The lowest BCUT2D eigenvalue weighted by atomic mass is 9.92. The molecule has 5 nitrogen and oxygen atoms in total. The number of amides is 2. The third-order valence-electron chi connectivity index (χ3n) is 7.13. The van der Waals surface area contributed by atoms with E-state index in [9.17, 15) is 35.9 Å². The summed E-state index contributed by atoms with van der Waals surface area (Å²) >= 11 is 0. The Labute approximate surface area is 224 Å². The predicted octanol–water partition coefficient (Wildman–Crippen LogP) is 6.82. The summed E-state index contributed by atoms with van der Waals surface area (Å²) in [6.07, 6.45) is -7.15. The van der Waals surface area contributed by atoms with Gasteiger partial charge in [-0.3, -0.25) is 9.59 Å². The summed E-state index contributed by atoms with van der Waals surface area (Å²) < 4.78 is 79.1. The van der Waals surface area contributed by atoms with Crippen molar-refractivity contribution in [2.24, 2.45) is 5.92 Å². The summed E-state index contributed by atoms with van der Waals surface area (Å²) in [6, 6.07) is 6.96. The molecule has 11 heteroatoms. The van der Waals surface area contributed by atoms with Crippen molar-refractivity contribution >= 4 is 23.2 Å². The second-order valence-corrected chi connectivity index (χ2v) is 10.2. The van der Waals surface area contributed by atoms with Gasteiger partial charge in [0.15, 0.2) is 0 Å². The summed E-state index contributed by atoms with van der Waals surface area (Å²) in [5.74, 6) is -2.10. The first-order valence-electron chi connectivity index (χ1n) is 12.7. The number of hydrogen-bond donors (Lipinski definition) is 1. The van der Waals surface area contributed by atoms with Crippen molar-refractivity contribution < 1.29 is 35.9 Å². The Morgan fingerprint density at radius 2 is 1.49 bits per heavy atom. The molecule has 0 saturated heterocycles. The number of nitrogens with one attached hydrogen (secondary N) is 1. The molecule has 3 rings (SSSR count). The molecule has 39 heavy (non-hydrogen) atoms. The third kappa shape index (κ3) is 7.74. The van der Waals surface area contributed by atoms with E-state index in [1.54, 1.807) is 4.90 Å². The van der Waals surface area contributed by atoms with Gasteiger partial charge in [0, 0.05) is 42.8 Å². The van der Waals surface area contributed by atoms with E-state index in [0.717, 1.165) is 36.1 Å². The van der Waals surface area contributed by atoms with Gasteiger partial charge >= 0.3 is 12.4 Å². The lowest BCUT2D eigenvalue weighted by molar-refractivity contribution is -0.143. The molecule has 1 atom stereocenters. The summed E-state index contributed by atoms with van der Waals surface area (Å²) in [4.78, 5) is 30.1. The molecule has 0 spiro atoms. The van der Waals surface area contributed by atoms with E-state index in [0.29, 0.717) is 31.3 Å². The van der Waals surface area contributed by atoms with Crippen molar-refractivity contribution in [2.45, 2.75) is 64.8 Å². The Morgan fingerprint density at radius 1 is 0.949 bits per heavy atom. The summed E-state index contributed by atoms with van der Waals surface area (Å²) in [6.45, 7) is 6.24. The summed E-state index contributed by atoms with van der Waals surface area (Å²) in [5, 5.41) is 2.12. The Morgan fingerprint density at radius 3 is 1.95 bits per heavy atom. The van der Waals surface area contributed by atoms with Gasteiger partial charge in [0.2, 0.25) is 11.8 Å². The fraction of sp³-hybridized carbons (Fsp3) is 0.500. The molecule has 0 heterocycles. The number of benzene rings is 2. The first-order chi connectivity index (χ1) is 18.1. The monoisotopic (exact) mass is 557 g/mol. The maximum absolute atomic E-state index is 13.6. The average Bonchev–Trinajstić information content (AvgIpc) is 2.77. The number of carbonyl (C=O) groups is 2. The Bertz CT molecular complexity index is 1140. The normalized spacial score (nSPS) is 15.2. The number of halogens is 6. The molecule has 1 fully saturated rings. The molecule has 1 N–H and O–H groups in total. The number of nitrogens with zero attached hydrogens (tertiary/aromatic N) is 2. The standard InChI is InChI=1S/C28H33F6N3O2/c1-17-7-5-8-18(2)25(17)37(12-11-36(4)23-9-6-10-23)26(39)19(3)13-24(38)35-22-15-20(27(29,30)31)14-21(16-22)28(32,33)34/h5,7-8,14-16,19,23H,6,9-13H2,1-4H3,(H,35,38). The molecule has 1 saturated carbocycles. The quantitative estimate of drug-likeness (QED) is 0.344. The molecule has 0 aromatic heterocycles. The fourth-order valence-electron chi connectivity index (χ4n) is 4.70. The van der Waals surface area contributed by atoms with Gasteiger partial charge in [0.1, 0.15) is 0 Å². The van der Waals surface area contributed by atoms with Gasteiger partial charge in [0.25, 0.3) is 0 Å². The number of aryl methyl sites for hydroxylation is 2. The van der Waals surface area contributed by atoms with Gasteiger partial charge in [-0.25, -0.2) is 0 Å². The van der Waals surface area contributed by atoms with Crippen LogP contribution in [-0.2, 0) is 21.9 Å². The van der Waals surface area contributed by atoms with Crippen LogP contribution in [0.3, 0.4) is 0 Å². The minimum absolute atomic E-state index is 0.00909. The second kappa shape index (κ2) is 12.0. The Balaban J connectivity index is 1.78. The second-order valence-electron chi connectivity index (χ2n) is 10.2. The summed E-state index contributed by atoms with van der Waals surface area (Å²) in [7, 11) is 2.00. The van der Waals surface area contributed by atoms with E-state index in [2.05, 4.69) is 10.2 Å². The highest BCUT2D eigenvalue weighted by Crippen LogP contribution is 2.37. The Hall–Kier alpha value is -3.08. The molecular formula is C28H33F6N3O2. The number of hydrogen-bond acceptors (Lipinski definition) is 3. The minimum atomic E-state index is -5.04. The van der Waals surface area contributed by atoms with Crippen molar-refractivity contribution in [3.63, 3.8) is 0 Å². The van der Waals surface area contributed by atoms with E-state index in [-0.39, 0.29) is 12.0 Å². The molecular weight excluding hydrogens is 524 g/mol. The topological polar surface area (TPSA) is 52.7 Å². The van der Waals surface area contributed by atoms with E-state index in [1.165, 1.54) is 6.92 Å². The van der Waals surface area contributed by atoms with Crippen molar-refractivity contribution in [3.8, 4) is 0 Å². The van der Waals surface area contributed by atoms with Crippen molar-refractivity contribution in [3.05, 3.63) is 58.7 Å². The zero-order chi connectivity index (χ0) is 29.1. The van der Waals surface area contributed by atoms with E-state index < -0.39 is 47.4 Å². The zero-order valence-corrected chi connectivity index (χ0v) is 22.3. The molecule has 2 aromatic rings. The molecule has 1 aliphatic rings. The van der Waals surface area contributed by atoms with Gasteiger partial charge in [-0.05, 0) is 63.1 Å². The largest absolute Gasteiger partial charge is 0.416 e. The number of para-hydroxylation sites is 1. The Kier molecular flexibility index (Phi) is 9.35. The molecule has 0 radical (unpaired) electrons. The van der Waals surface area contributed by atoms with Crippen LogP contribution in [0.15, 0.2) is 36.4 Å². The van der Waals surface area contributed by atoms with Crippen LogP contribution in [0.1, 0.15) is 54.9 Å². The minimum Gasteiger partial charge on any atom is -0.326 e. The highest BCUT2D eigenvalue weighted by Gasteiger charge is 2.37. The zero-order valence-electron chi connectivity index (χ0n) is 22.3. The molecule has 0 bridgehead atoms. The maximum atomic E-state index is 13.6. The van der Waals surface area contributed by atoms with Gasteiger partial charge < -0.3 is 15.1 Å². The van der Waals surface area contributed by atoms with Crippen LogP contribution in [0.2, 0.25) is 0 Å². The number of rotatable bonds is 9. The average molecular weight is 558 g/mol. The van der Waals surface area contributed by atoms with E-state index in [4.69, 9.17) is 0 Å². The van der Waals surface area contributed by atoms with Crippen LogP contribution < -0.4 is 10.2 Å². The number of likely N-dealkylation sites (N-methyl/N-ethyl adjacent to an activating group) is 1. The molecule has 2 aromatic carbocycles. The van der Waals surface area contributed by atoms with Gasteiger partial charge in [-0.2, -0.15) is 26.3 Å². The van der Waals surface area contributed by atoms with E-state index in [1.807, 2.05) is 39.1 Å². The molecule has 1 aliphatic carbocycles. The first kappa shape index (κ1) is 30.5. The number of alkyl halides is 6. The predicted molar refractivity (Wildman–Crippen MR) is 137 cm³/mol. The van der Waals surface area contributed by atoms with Crippen molar-refractivity contribution in [1.82, 2.24) is 4.90 Å².